The summed E-state index contributed by atoms with van der Waals surface area (Å²) in [6.07, 6.45) is 3.81. The lowest BCUT2D eigenvalue weighted by molar-refractivity contribution is 0.155. The Bertz CT molecular complexity index is 521. The lowest BCUT2D eigenvalue weighted by Crippen LogP contribution is -2.45. The fourth-order valence-electron chi connectivity index (χ4n) is 2.15. The normalized spacial score (nSPS) is 22.0. The second kappa shape index (κ2) is 5.52. The van der Waals surface area contributed by atoms with E-state index in [9.17, 15) is 13.5 Å². The van der Waals surface area contributed by atoms with Crippen molar-refractivity contribution >= 4 is 21.6 Å². The summed E-state index contributed by atoms with van der Waals surface area (Å²) in [5.74, 6) is 0. The second-order valence-corrected chi connectivity index (χ2v) is 6.54. The average Bonchev–Trinajstić information content (AvgIpc) is 2.38. The molecular weight excluding hydrogens is 276 g/mol. The van der Waals surface area contributed by atoms with Crippen LogP contribution in [0.5, 0.6) is 0 Å². The lowest BCUT2D eigenvalue weighted by atomic mass is 10.1. The molecule has 0 amide bonds. The van der Waals surface area contributed by atoms with Crippen molar-refractivity contribution in [2.75, 3.05) is 13.2 Å². The van der Waals surface area contributed by atoms with E-state index in [-0.39, 0.29) is 22.7 Å². The fourth-order valence-corrected chi connectivity index (χ4v) is 4.09. The maximum absolute atomic E-state index is 12.4. The number of aliphatic hydroxyl groups is 1. The third-order valence-electron chi connectivity index (χ3n) is 3.09. The summed E-state index contributed by atoms with van der Waals surface area (Å²) < 4.78 is 26.2. The van der Waals surface area contributed by atoms with Gasteiger partial charge in [0.1, 0.15) is 5.15 Å². The molecule has 100 valence electrons. The molecule has 1 aliphatic heterocycles. The molecule has 2 rings (SSSR count). The number of hydrogen-bond acceptors (Lipinski definition) is 4. The maximum atomic E-state index is 12.4. The molecule has 0 bridgehead atoms. The summed E-state index contributed by atoms with van der Waals surface area (Å²) in [6.45, 7) is 0.283. The Morgan fingerprint density at radius 1 is 1.50 bits per heavy atom. The number of halogens is 1. The number of sulfonamides is 1. The van der Waals surface area contributed by atoms with Crippen LogP contribution in [0.1, 0.15) is 19.3 Å². The molecule has 5 nitrogen and oxygen atoms in total. The van der Waals surface area contributed by atoms with Crippen LogP contribution in [0, 0.1) is 0 Å². The summed E-state index contributed by atoms with van der Waals surface area (Å²) >= 11 is 5.72. The summed E-state index contributed by atoms with van der Waals surface area (Å²) in [5, 5.41) is 9.43. The van der Waals surface area contributed by atoms with Crippen molar-refractivity contribution in [2.45, 2.75) is 30.2 Å². The van der Waals surface area contributed by atoms with Crippen LogP contribution in [0.3, 0.4) is 0 Å². The van der Waals surface area contributed by atoms with Crippen molar-refractivity contribution in [2.24, 2.45) is 0 Å². The number of piperidine rings is 1. The van der Waals surface area contributed by atoms with E-state index in [4.69, 9.17) is 11.6 Å². The molecule has 1 N–H and O–H groups in total. The minimum absolute atomic E-state index is 0.128. The lowest BCUT2D eigenvalue weighted by Gasteiger charge is -2.33. The van der Waals surface area contributed by atoms with E-state index in [2.05, 4.69) is 4.98 Å². The highest BCUT2D eigenvalue weighted by atomic mass is 35.5. The van der Waals surface area contributed by atoms with Crippen LogP contribution in [0.2, 0.25) is 5.15 Å². The van der Waals surface area contributed by atoms with Crippen LogP contribution in [0.4, 0.5) is 0 Å². The molecule has 7 heteroatoms. The Morgan fingerprint density at radius 3 is 2.94 bits per heavy atom. The number of rotatable bonds is 3. The van der Waals surface area contributed by atoms with Gasteiger partial charge in [-0.2, -0.15) is 4.31 Å². The molecule has 1 atom stereocenters. The largest absolute Gasteiger partial charge is 0.395 e. The Kier molecular flexibility index (Phi) is 4.21. The van der Waals surface area contributed by atoms with Gasteiger partial charge in [0.25, 0.3) is 0 Å². The monoisotopic (exact) mass is 290 g/mol. The summed E-state index contributed by atoms with van der Waals surface area (Å²) in [7, 11) is -3.60. The van der Waals surface area contributed by atoms with Gasteiger partial charge in [-0.05, 0) is 25.0 Å². The van der Waals surface area contributed by atoms with Gasteiger partial charge in [-0.25, -0.2) is 13.4 Å². The molecule has 1 saturated heterocycles. The van der Waals surface area contributed by atoms with Gasteiger partial charge in [0.15, 0.2) is 0 Å². The van der Waals surface area contributed by atoms with Crippen LogP contribution in [0.15, 0.2) is 23.2 Å². The molecule has 0 radical (unpaired) electrons. The van der Waals surface area contributed by atoms with E-state index in [1.807, 2.05) is 0 Å². The molecule has 2 heterocycles. The standard InChI is InChI=1S/C11H15ClN2O3S/c12-11-7-10(4-5-13-11)18(16,17)14-6-2-1-3-9(14)8-15/h4-5,7,9,15H,1-3,6,8H2. The fraction of sp³-hybridized carbons (Fsp3) is 0.545. The van der Waals surface area contributed by atoms with Crippen molar-refractivity contribution in [3.05, 3.63) is 23.5 Å². The quantitative estimate of drug-likeness (QED) is 0.851. The zero-order valence-corrected chi connectivity index (χ0v) is 11.4. The van der Waals surface area contributed by atoms with Crippen LogP contribution in [-0.4, -0.2) is 42.0 Å². The zero-order valence-electron chi connectivity index (χ0n) is 9.79. The SMILES string of the molecule is O=S(=O)(c1ccnc(Cl)c1)N1CCCCC1CO. The number of aromatic nitrogens is 1. The summed E-state index contributed by atoms with van der Waals surface area (Å²) in [6, 6.07) is 2.42. The van der Waals surface area contributed by atoms with Crippen molar-refractivity contribution in [1.29, 1.82) is 0 Å². The Hall–Kier alpha value is -0.690. The molecule has 0 aromatic carbocycles. The molecule has 1 aromatic heterocycles. The van der Waals surface area contributed by atoms with Gasteiger partial charge in [0.2, 0.25) is 10.0 Å². The van der Waals surface area contributed by atoms with Gasteiger partial charge in [-0.15, -0.1) is 0 Å². The smallest absolute Gasteiger partial charge is 0.243 e. The van der Waals surface area contributed by atoms with Gasteiger partial charge in [-0.1, -0.05) is 18.0 Å². The van der Waals surface area contributed by atoms with E-state index in [1.54, 1.807) is 0 Å². The molecule has 1 fully saturated rings. The van der Waals surface area contributed by atoms with Gasteiger partial charge >= 0.3 is 0 Å². The highest BCUT2D eigenvalue weighted by molar-refractivity contribution is 7.89. The minimum atomic E-state index is -3.60. The third kappa shape index (κ3) is 2.66. The Balaban J connectivity index is 2.35. The van der Waals surface area contributed by atoms with E-state index in [0.717, 1.165) is 12.8 Å². The van der Waals surface area contributed by atoms with Crippen LogP contribution in [-0.2, 0) is 10.0 Å². The highest BCUT2D eigenvalue weighted by Gasteiger charge is 2.33. The van der Waals surface area contributed by atoms with E-state index >= 15 is 0 Å². The van der Waals surface area contributed by atoms with Crippen LogP contribution >= 0.6 is 11.6 Å². The molecule has 1 aromatic rings. The van der Waals surface area contributed by atoms with Gasteiger partial charge in [-0.3, -0.25) is 0 Å². The first-order valence-corrected chi connectivity index (χ1v) is 7.62. The minimum Gasteiger partial charge on any atom is -0.395 e. The van der Waals surface area contributed by atoms with Crippen molar-refractivity contribution in [3.63, 3.8) is 0 Å². The zero-order chi connectivity index (χ0) is 13.2. The topological polar surface area (TPSA) is 70.5 Å². The molecule has 1 aliphatic rings. The van der Waals surface area contributed by atoms with Crippen LogP contribution < -0.4 is 0 Å². The first-order valence-electron chi connectivity index (χ1n) is 5.80. The molecule has 0 saturated carbocycles. The predicted molar refractivity (Wildman–Crippen MR) is 67.9 cm³/mol. The summed E-state index contributed by atoms with van der Waals surface area (Å²) in [5.41, 5.74) is 0. The van der Waals surface area contributed by atoms with Crippen LogP contribution in [0.25, 0.3) is 0 Å². The van der Waals surface area contributed by atoms with Crippen molar-refractivity contribution in [3.8, 4) is 0 Å². The predicted octanol–water partition coefficient (Wildman–Crippen LogP) is 1.27. The molecule has 18 heavy (non-hydrogen) atoms. The molecular formula is C11H15ClN2O3S. The molecule has 0 spiro atoms. The van der Waals surface area contributed by atoms with Gasteiger partial charge in [0, 0.05) is 18.8 Å². The Morgan fingerprint density at radius 2 is 2.28 bits per heavy atom. The van der Waals surface area contributed by atoms with Gasteiger partial charge < -0.3 is 5.11 Å². The first-order chi connectivity index (χ1) is 8.55. The maximum Gasteiger partial charge on any atom is 0.243 e. The number of pyridine rings is 1. The molecule has 0 aliphatic carbocycles. The first kappa shape index (κ1) is 13.7. The molecule has 1 unspecified atom stereocenters. The average molecular weight is 291 g/mol. The second-order valence-electron chi connectivity index (χ2n) is 4.26. The van der Waals surface area contributed by atoms with Crippen molar-refractivity contribution < 1.29 is 13.5 Å². The third-order valence-corrected chi connectivity index (χ3v) is 5.24. The number of hydrogen-bond donors (Lipinski definition) is 1. The Labute approximate surface area is 111 Å². The van der Waals surface area contributed by atoms with Crippen molar-refractivity contribution in [1.82, 2.24) is 9.29 Å². The highest BCUT2D eigenvalue weighted by Crippen LogP contribution is 2.25. The number of nitrogens with zero attached hydrogens (tertiary/aromatic N) is 2. The van der Waals surface area contributed by atoms with E-state index < -0.39 is 10.0 Å². The van der Waals surface area contributed by atoms with Gasteiger partial charge in [0.05, 0.1) is 11.5 Å². The van der Waals surface area contributed by atoms with E-state index in [1.165, 1.54) is 22.6 Å². The summed E-state index contributed by atoms with van der Waals surface area (Å²) in [4.78, 5) is 3.90. The number of aliphatic hydroxyl groups excluding tert-OH is 1. The van der Waals surface area contributed by atoms with E-state index in [0.29, 0.717) is 13.0 Å².